The van der Waals surface area contributed by atoms with Gasteiger partial charge in [-0.3, -0.25) is 19.2 Å². The summed E-state index contributed by atoms with van der Waals surface area (Å²) < 4.78 is 24.6. The van der Waals surface area contributed by atoms with Gasteiger partial charge in [-0.05, 0) is 34.4 Å². The van der Waals surface area contributed by atoms with Gasteiger partial charge in [0.1, 0.15) is 5.82 Å². The van der Waals surface area contributed by atoms with Crippen LogP contribution in [-0.2, 0) is 48.3 Å². The Balaban J connectivity index is 1.50. The van der Waals surface area contributed by atoms with Gasteiger partial charge in [0.15, 0.2) is 0 Å². The minimum absolute atomic E-state index is 0.0120. The van der Waals surface area contributed by atoms with Crippen LogP contribution in [0.25, 0.3) is 11.1 Å². The van der Waals surface area contributed by atoms with Gasteiger partial charge in [-0.1, -0.05) is 54.6 Å². The Morgan fingerprint density at radius 3 is 2.25 bits per heavy atom. The number of nitriles is 1. The molecular weight excluding hydrogens is 517 g/mol. The lowest BCUT2D eigenvalue weighted by Gasteiger charge is -2.28. The van der Waals surface area contributed by atoms with Crippen LogP contribution < -0.4 is 5.32 Å². The van der Waals surface area contributed by atoms with Gasteiger partial charge in [0.05, 0.1) is 11.6 Å². The van der Waals surface area contributed by atoms with E-state index >= 15 is 0 Å². The molecule has 0 radical (unpaired) electrons. The molecule has 40 heavy (non-hydrogen) atoms. The van der Waals surface area contributed by atoms with Crippen LogP contribution in [0.4, 0.5) is 4.39 Å². The van der Waals surface area contributed by atoms with Crippen LogP contribution in [0.5, 0.6) is 0 Å². The first-order valence-electron chi connectivity index (χ1n) is 12.4. The van der Waals surface area contributed by atoms with E-state index in [2.05, 4.69) is 11.4 Å². The molecule has 1 aliphatic heterocycles. The van der Waals surface area contributed by atoms with Crippen molar-refractivity contribution < 1.29 is 33.0 Å². The van der Waals surface area contributed by atoms with Crippen LogP contribution >= 0.6 is 0 Å². The van der Waals surface area contributed by atoms with Crippen molar-refractivity contribution in [3.8, 4) is 17.2 Å². The summed E-state index contributed by atoms with van der Waals surface area (Å²) in [6, 6.07) is 20.9. The Kier molecular flexibility index (Phi) is 8.54. The first-order chi connectivity index (χ1) is 19.2. The van der Waals surface area contributed by atoms with E-state index in [1.807, 2.05) is 12.1 Å². The van der Waals surface area contributed by atoms with Gasteiger partial charge in [0.2, 0.25) is 12.2 Å². The second-order valence-corrected chi connectivity index (χ2v) is 9.20. The summed E-state index contributed by atoms with van der Waals surface area (Å²) in [5.74, 6) is -3.85. The van der Waals surface area contributed by atoms with Gasteiger partial charge in [-0.2, -0.15) is 5.26 Å². The van der Waals surface area contributed by atoms with Crippen molar-refractivity contribution in [2.45, 2.75) is 45.7 Å². The van der Waals surface area contributed by atoms with Gasteiger partial charge in [-0.15, -0.1) is 0 Å². The number of rotatable bonds is 8. The standard InChI is InChI=1S/C30H26FN3O6/c1-18(35)39-27(28(40-19(2)36)30(38)34-16-23-7-5-9-26(31)25(23)17-34)29(37)33-15-20-10-12-21(13-11-20)24-8-4-3-6-22(24)14-32/h3-13,27-28H,15-17H2,1-2H3,(H,33,37)/t27-,28-/m1/s1. The molecule has 10 heteroatoms. The molecule has 1 aliphatic rings. The third kappa shape index (κ3) is 6.32. The number of ether oxygens (including phenoxy) is 2. The molecule has 204 valence electrons. The molecule has 1 heterocycles. The highest BCUT2D eigenvalue weighted by atomic mass is 19.1. The molecule has 2 amide bonds. The number of carbonyl (C=O) groups is 4. The Hall–Kier alpha value is -5.04. The van der Waals surface area contributed by atoms with Crippen LogP contribution in [-0.4, -0.2) is 40.9 Å². The van der Waals surface area contributed by atoms with Gasteiger partial charge in [0.25, 0.3) is 11.8 Å². The number of hydrogen-bond acceptors (Lipinski definition) is 7. The molecule has 1 N–H and O–H groups in total. The van der Waals surface area contributed by atoms with E-state index in [1.165, 1.54) is 17.0 Å². The maximum absolute atomic E-state index is 14.2. The smallest absolute Gasteiger partial charge is 0.303 e. The lowest BCUT2D eigenvalue weighted by molar-refractivity contribution is -0.178. The van der Waals surface area contributed by atoms with E-state index in [0.717, 1.165) is 25.0 Å². The van der Waals surface area contributed by atoms with Crippen molar-refractivity contribution in [1.29, 1.82) is 5.26 Å². The molecule has 0 saturated heterocycles. The average molecular weight is 544 g/mol. The van der Waals surface area contributed by atoms with E-state index in [1.54, 1.807) is 42.5 Å². The largest absolute Gasteiger partial charge is 0.448 e. The van der Waals surface area contributed by atoms with Gasteiger partial charge >= 0.3 is 11.9 Å². The number of halogens is 1. The molecule has 0 unspecified atom stereocenters. The summed E-state index contributed by atoms with van der Waals surface area (Å²) in [7, 11) is 0. The predicted molar refractivity (Wildman–Crippen MR) is 140 cm³/mol. The van der Waals surface area contributed by atoms with Crippen LogP contribution in [0.3, 0.4) is 0 Å². The third-order valence-electron chi connectivity index (χ3n) is 6.38. The number of carbonyl (C=O) groups excluding carboxylic acids is 4. The molecule has 0 saturated carbocycles. The molecule has 0 spiro atoms. The number of hydrogen-bond donors (Lipinski definition) is 1. The van der Waals surface area contributed by atoms with E-state index in [9.17, 15) is 28.8 Å². The van der Waals surface area contributed by atoms with Crippen LogP contribution in [0.1, 0.15) is 36.1 Å². The minimum Gasteiger partial charge on any atom is -0.448 e. The van der Waals surface area contributed by atoms with Crippen LogP contribution in [0, 0.1) is 17.1 Å². The Bertz CT molecular complexity index is 1500. The van der Waals surface area contributed by atoms with E-state index in [-0.39, 0.29) is 19.6 Å². The summed E-state index contributed by atoms with van der Waals surface area (Å²) in [6.45, 7) is 2.09. The van der Waals surface area contributed by atoms with Crippen molar-refractivity contribution in [3.63, 3.8) is 0 Å². The van der Waals surface area contributed by atoms with E-state index in [0.29, 0.717) is 22.3 Å². The maximum Gasteiger partial charge on any atom is 0.303 e. The van der Waals surface area contributed by atoms with Crippen LogP contribution in [0.15, 0.2) is 66.7 Å². The highest BCUT2D eigenvalue weighted by molar-refractivity contribution is 5.93. The van der Waals surface area contributed by atoms with E-state index in [4.69, 9.17) is 9.47 Å². The second kappa shape index (κ2) is 12.2. The fourth-order valence-electron chi connectivity index (χ4n) is 4.49. The topological polar surface area (TPSA) is 126 Å². The summed E-state index contributed by atoms with van der Waals surface area (Å²) >= 11 is 0. The minimum atomic E-state index is -1.77. The van der Waals surface area contributed by atoms with Crippen molar-refractivity contribution >= 4 is 23.8 Å². The zero-order chi connectivity index (χ0) is 28.8. The molecule has 0 aliphatic carbocycles. The van der Waals surface area contributed by atoms with Crippen molar-refractivity contribution in [2.24, 2.45) is 0 Å². The van der Waals surface area contributed by atoms with Crippen molar-refractivity contribution in [2.75, 3.05) is 0 Å². The number of benzene rings is 3. The average Bonchev–Trinajstić information content (AvgIpc) is 3.39. The number of nitrogens with zero attached hydrogens (tertiary/aromatic N) is 2. The lowest BCUT2D eigenvalue weighted by Crippen LogP contribution is -2.53. The number of amides is 2. The normalized spacial score (nSPS) is 13.4. The maximum atomic E-state index is 14.2. The Morgan fingerprint density at radius 1 is 0.925 bits per heavy atom. The third-order valence-corrected chi connectivity index (χ3v) is 6.38. The SMILES string of the molecule is CC(=O)O[C@@H](C(=O)NCc1ccc(-c2ccccc2C#N)cc1)[C@@H](OC(C)=O)C(=O)N1Cc2cccc(F)c2C1. The second-order valence-electron chi connectivity index (χ2n) is 9.20. The lowest BCUT2D eigenvalue weighted by atomic mass is 9.99. The monoisotopic (exact) mass is 543 g/mol. The highest BCUT2D eigenvalue weighted by Crippen LogP contribution is 2.27. The number of nitrogens with one attached hydrogen (secondary N) is 1. The molecule has 4 rings (SSSR count). The molecule has 3 aromatic rings. The zero-order valence-electron chi connectivity index (χ0n) is 21.8. The number of esters is 2. The van der Waals surface area contributed by atoms with Gasteiger partial charge in [0, 0.05) is 39.0 Å². The summed E-state index contributed by atoms with van der Waals surface area (Å²) in [6.07, 6.45) is -3.55. The molecular formula is C30H26FN3O6. The molecule has 3 aromatic carbocycles. The molecule has 0 fully saturated rings. The number of fused-ring (bicyclic) bond motifs is 1. The molecule has 0 aromatic heterocycles. The molecule has 2 atom stereocenters. The first-order valence-corrected chi connectivity index (χ1v) is 12.4. The Labute approximate surface area is 230 Å². The first kappa shape index (κ1) is 28.0. The summed E-state index contributed by atoms with van der Waals surface area (Å²) in [5, 5.41) is 12.0. The Morgan fingerprint density at radius 2 is 1.60 bits per heavy atom. The highest BCUT2D eigenvalue weighted by Gasteiger charge is 2.43. The predicted octanol–water partition coefficient (Wildman–Crippen LogP) is 3.39. The fraction of sp³-hybridized carbons (Fsp3) is 0.233. The zero-order valence-corrected chi connectivity index (χ0v) is 21.8. The summed E-state index contributed by atoms with van der Waals surface area (Å²) in [4.78, 5) is 51.6. The van der Waals surface area contributed by atoms with E-state index < -0.39 is 41.8 Å². The fourth-order valence-corrected chi connectivity index (χ4v) is 4.49. The quantitative estimate of drug-likeness (QED) is 0.432. The van der Waals surface area contributed by atoms with Gasteiger partial charge < -0.3 is 19.7 Å². The van der Waals surface area contributed by atoms with Gasteiger partial charge in [-0.25, -0.2) is 4.39 Å². The molecule has 9 nitrogen and oxygen atoms in total. The molecule has 0 bridgehead atoms. The summed E-state index contributed by atoms with van der Waals surface area (Å²) in [5.41, 5.74) is 3.71. The van der Waals surface area contributed by atoms with Crippen molar-refractivity contribution in [3.05, 3.63) is 94.8 Å². The van der Waals surface area contributed by atoms with Crippen molar-refractivity contribution in [1.82, 2.24) is 10.2 Å². The van der Waals surface area contributed by atoms with Crippen LogP contribution in [0.2, 0.25) is 0 Å².